The van der Waals surface area contributed by atoms with Crippen molar-refractivity contribution in [3.63, 3.8) is 0 Å². The molecular formula is C76H147NO5. The summed E-state index contributed by atoms with van der Waals surface area (Å²) in [7, 11) is 0. The van der Waals surface area contributed by atoms with Gasteiger partial charge in [-0.2, -0.15) is 0 Å². The van der Waals surface area contributed by atoms with Gasteiger partial charge in [-0.1, -0.05) is 359 Å². The van der Waals surface area contributed by atoms with Gasteiger partial charge in [-0.3, -0.25) is 9.59 Å². The van der Waals surface area contributed by atoms with Gasteiger partial charge in [-0.15, -0.1) is 0 Å². The quantitative estimate of drug-likeness (QED) is 0.0320. The maximum absolute atomic E-state index is 12.5. The predicted molar refractivity (Wildman–Crippen MR) is 361 cm³/mol. The number of allylic oxidation sites excluding steroid dienone is 4. The lowest BCUT2D eigenvalue weighted by Gasteiger charge is -2.22. The van der Waals surface area contributed by atoms with Gasteiger partial charge in [0.1, 0.15) is 0 Å². The van der Waals surface area contributed by atoms with Crippen LogP contribution in [0.4, 0.5) is 0 Å². The number of aliphatic hydroxyl groups is 2. The zero-order valence-corrected chi connectivity index (χ0v) is 55.8. The molecule has 0 radical (unpaired) electrons. The smallest absolute Gasteiger partial charge is 0.305 e. The number of hydrogen-bond donors (Lipinski definition) is 3. The molecule has 3 N–H and O–H groups in total. The van der Waals surface area contributed by atoms with Gasteiger partial charge in [0.25, 0.3) is 0 Å². The molecule has 82 heavy (non-hydrogen) atoms. The van der Waals surface area contributed by atoms with Gasteiger partial charge < -0.3 is 20.3 Å². The third kappa shape index (κ3) is 67.5. The molecule has 0 saturated carbocycles. The fraction of sp³-hybridized carbons (Fsp3) is 0.921. The van der Waals surface area contributed by atoms with Crippen LogP contribution in [0.15, 0.2) is 24.3 Å². The summed E-state index contributed by atoms with van der Waals surface area (Å²) in [5.74, 6) is -0.0109. The minimum atomic E-state index is -0.662. The lowest BCUT2D eigenvalue weighted by molar-refractivity contribution is -0.143. The maximum atomic E-state index is 12.5. The van der Waals surface area contributed by atoms with Crippen LogP contribution in [0, 0.1) is 0 Å². The number of carbonyl (C=O) groups is 2. The van der Waals surface area contributed by atoms with Crippen molar-refractivity contribution in [1.29, 1.82) is 0 Å². The SMILES string of the molecule is CCCCCCCC/C=C\CCCCCCCCCCCC(=O)OCCCCCCCCCCCCCC/C=C\CCCCCCCCCCCCCCCCCCC(=O)NC(CO)C(O)CCCCCCCCCCCCCCCC. The van der Waals surface area contributed by atoms with E-state index in [1.54, 1.807) is 0 Å². The molecule has 0 spiro atoms. The summed E-state index contributed by atoms with van der Waals surface area (Å²) in [6.07, 6.45) is 91.1. The normalized spacial score (nSPS) is 12.6. The lowest BCUT2D eigenvalue weighted by atomic mass is 10.0. The number of ether oxygens (including phenoxy) is 1. The van der Waals surface area contributed by atoms with Crippen molar-refractivity contribution >= 4 is 11.9 Å². The molecule has 0 saturated heterocycles. The highest BCUT2D eigenvalue weighted by Crippen LogP contribution is 2.19. The van der Waals surface area contributed by atoms with Gasteiger partial charge in [-0.05, 0) is 77.0 Å². The Morgan fingerprint density at radius 2 is 0.573 bits per heavy atom. The first-order valence-corrected chi connectivity index (χ1v) is 37.6. The van der Waals surface area contributed by atoms with E-state index < -0.39 is 12.1 Å². The van der Waals surface area contributed by atoms with Crippen molar-refractivity contribution < 1.29 is 24.5 Å². The second-order valence-corrected chi connectivity index (χ2v) is 26.0. The number of amides is 1. The van der Waals surface area contributed by atoms with E-state index in [0.29, 0.717) is 25.9 Å². The van der Waals surface area contributed by atoms with Crippen LogP contribution in [0.2, 0.25) is 0 Å². The molecule has 1 amide bonds. The number of rotatable bonds is 71. The number of nitrogens with one attached hydrogen (secondary N) is 1. The molecule has 0 aromatic carbocycles. The summed E-state index contributed by atoms with van der Waals surface area (Å²) in [5.41, 5.74) is 0. The Morgan fingerprint density at radius 3 is 0.866 bits per heavy atom. The van der Waals surface area contributed by atoms with Gasteiger partial charge in [-0.25, -0.2) is 0 Å². The summed E-state index contributed by atoms with van der Waals surface area (Å²) < 4.78 is 5.51. The van der Waals surface area contributed by atoms with Crippen LogP contribution in [0.1, 0.15) is 425 Å². The fourth-order valence-electron chi connectivity index (χ4n) is 12.0. The van der Waals surface area contributed by atoms with E-state index in [-0.39, 0.29) is 18.5 Å². The largest absolute Gasteiger partial charge is 0.466 e. The van der Waals surface area contributed by atoms with Crippen molar-refractivity contribution in [3.8, 4) is 0 Å². The monoisotopic (exact) mass is 1150 g/mol. The maximum Gasteiger partial charge on any atom is 0.305 e. The van der Waals surface area contributed by atoms with Gasteiger partial charge in [0, 0.05) is 12.8 Å². The minimum Gasteiger partial charge on any atom is -0.466 e. The Kier molecular flexibility index (Phi) is 70.4. The number of unbranched alkanes of at least 4 members (excludes halogenated alkanes) is 56. The average molecular weight is 1160 g/mol. The molecule has 6 nitrogen and oxygen atoms in total. The van der Waals surface area contributed by atoms with E-state index in [1.165, 1.54) is 353 Å². The van der Waals surface area contributed by atoms with Crippen molar-refractivity contribution in [2.75, 3.05) is 13.2 Å². The molecule has 0 bridgehead atoms. The Bertz CT molecular complexity index is 1280. The highest BCUT2D eigenvalue weighted by Gasteiger charge is 2.20. The molecule has 2 atom stereocenters. The van der Waals surface area contributed by atoms with Gasteiger partial charge in [0.05, 0.1) is 25.4 Å². The van der Waals surface area contributed by atoms with Crippen LogP contribution in [-0.4, -0.2) is 47.4 Å². The summed E-state index contributed by atoms with van der Waals surface area (Å²) >= 11 is 0. The molecule has 486 valence electrons. The molecule has 2 unspecified atom stereocenters. The van der Waals surface area contributed by atoms with Crippen molar-refractivity contribution in [2.45, 2.75) is 437 Å². The number of esters is 1. The second-order valence-electron chi connectivity index (χ2n) is 26.0. The predicted octanol–water partition coefficient (Wildman–Crippen LogP) is 24.5. The molecule has 0 aromatic heterocycles. The van der Waals surface area contributed by atoms with Gasteiger partial charge in [0.15, 0.2) is 0 Å². The van der Waals surface area contributed by atoms with E-state index in [9.17, 15) is 19.8 Å². The third-order valence-corrected chi connectivity index (χ3v) is 17.7. The summed E-state index contributed by atoms with van der Waals surface area (Å²) in [5, 5.41) is 23.3. The minimum absolute atomic E-state index is 0.0186. The topological polar surface area (TPSA) is 95.9 Å². The molecule has 0 aromatic rings. The van der Waals surface area contributed by atoms with E-state index in [4.69, 9.17) is 4.74 Å². The lowest BCUT2D eigenvalue weighted by Crippen LogP contribution is -2.45. The van der Waals surface area contributed by atoms with Gasteiger partial charge in [0.2, 0.25) is 5.91 Å². The standard InChI is InChI=1S/C76H147NO5/c1-3-5-7-9-11-13-15-17-19-20-35-39-42-46-50-54-58-62-66-70-76(81)82-71-67-63-59-55-51-47-43-40-37-34-32-30-28-26-24-22-21-23-25-27-29-31-33-36-38-41-45-49-53-57-61-65-69-75(80)77-73(72-78)74(79)68-64-60-56-52-48-44-18-16-14-12-10-8-6-4-2/h17,19,24,26,73-74,78-79H,3-16,18,20-23,25,27-72H2,1-2H3,(H,77,80)/b19-17-,26-24-. The summed E-state index contributed by atoms with van der Waals surface area (Å²) in [6, 6.07) is -0.539. The van der Waals surface area contributed by atoms with E-state index in [0.717, 1.165) is 38.5 Å². The van der Waals surface area contributed by atoms with Gasteiger partial charge >= 0.3 is 5.97 Å². The molecule has 0 heterocycles. The Morgan fingerprint density at radius 1 is 0.329 bits per heavy atom. The number of hydrogen-bond acceptors (Lipinski definition) is 5. The van der Waals surface area contributed by atoms with E-state index in [1.807, 2.05) is 0 Å². The van der Waals surface area contributed by atoms with Crippen molar-refractivity contribution in [1.82, 2.24) is 5.32 Å². The van der Waals surface area contributed by atoms with Crippen LogP contribution in [-0.2, 0) is 14.3 Å². The Balaban J connectivity index is 3.33. The molecule has 0 aliphatic rings. The van der Waals surface area contributed by atoms with Crippen LogP contribution in [0.5, 0.6) is 0 Å². The Labute approximate surface area is 513 Å². The first kappa shape index (κ1) is 80.3. The molecular weight excluding hydrogens is 1010 g/mol. The zero-order chi connectivity index (χ0) is 59.2. The zero-order valence-electron chi connectivity index (χ0n) is 55.8. The van der Waals surface area contributed by atoms with Crippen molar-refractivity contribution in [3.05, 3.63) is 24.3 Å². The first-order chi connectivity index (χ1) is 40.5. The average Bonchev–Trinajstić information content (AvgIpc) is 3.48. The molecule has 0 rings (SSSR count). The highest BCUT2D eigenvalue weighted by molar-refractivity contribution is 5.76. The summed E-state index contributed by atoms with van der Waals surface area (Å²) in [4.78, 5) is 24.6. The van der Waals surface area contributed by atoms with E-state index in [2.05, 4.69) is 43.5 Å². The molecule has 6 heteroatoms. The molecule has 0 fully saturated rings. The number of carbonyl (C=O) groups excluding carboxylic acids is 2. The van der Waals surface area contributed by atoms with Crippen LogP contribution >= 0.6 is 0 Å². The van der Waals surface area contributed by atoms with Crippen LogP contribution in [0.3, 0.4) is 0 Å². The second kappa shape index (κ2) is 71.8. The first-order valence-electron chi connectivity index (χ1n) is 37.6. The van der Waals surface area contributed by atoms with Crippen molar-refractivity contribution in [2.24, 2.45) is 0 Å². The Hall–Kier alpha value is -1.66. The molecule has 0 aliphatic heterocycles. The summed E-state index contributed by atoms with van der Waals surface area (Å²) in [6.45, 7) is 4.99. The fourth-order valence-corrected chi connectivity index (χ4v) is 12.0. The number of aliphatic hydroxyl groups excluding tert-OH is 2. The molecule has 0 aliphatic carbocycles. The van der Waals surface area contributed by atoms with Crippen LogP contribution in [0.25, 0.3) is 0 Å². The highest BCUT2D eigenvalue weighted by atomic mass is 16.5. The third-order valence-electron chi connectivity index (χ3n) is 17.7. The van der Waals surface area contributed by atoms with Crippen LogP contribution < -0.4 is 5.32 Å². The van der Waals surface area contributed by atoms with E-state index >= 15 is 0 Å².